The molecule has 1 aliphatic rings. The number of carboxylic acid groups (broad SMARTS) is 1. The molecule has 1 heterocycles. The van der Waals surface area contributed by atoms with Crippen molar-refractivity contribution in [1.29, 1.82) is 0 Å². The van der Waals surface area contributed by atoms with Crippen LogP contribution in [-0.2, 0) is 4.79 Å². The second-order valence-electron chi connectivity index (χ2n) is 7.22. The van der Waals surface area contributed by atoms with Gasteiger partial charge in [0.1, 0.15) is 0 Å². The van der Waals surface area contributed by atoms with Gasteiger partial charge in [-0.05, 0) is 44.4 Å². The third-order valence-corrected chi connectivity index (χ3v) is 4.99. The summed E-state index contributed by atoms with van der Waals surface area (Å²) in [4.78, 5) is 25.4. The van der Waals surface area contributed by atoms with Gasteiger partial charge in [-0.2, -0.15) is 0 Å². The molecule has 122 valence electrons. The number of aliphatic carboxylic acids is 1. The van der Waals surface area contributed by atoms with Crippen LogP contribution in [0.4, 0.5) is 4.79 Å². The minimum atomic E-state index is -0.789. The Morgan fingerprint density at radius 1 is 1.33 bits per heavy atom. The highest BCUT2D eigenvalue weighted by Crippen LogP contribution is 2.34. The summed E-state index contributed by atoms with van der Waals surface area (Å²) in [5, 5.41) is 12.3. The van der Waals surface area contributed by atoms with Crippen LogP contribution in [0.15, 0.2) is 0 Å². The van der Waals surface area contributed by atoms with Gasteiger partial charge in [0.25, 0.3) is 0 Å². The quantitative estimate of drug-likeness (QED) is 0.820. The van der Waals surface area contributed by atoms with E-state index >= 15 is 0 Å². The highest BCUT2D eigenvalue weighted by Gasteiger charge is 2.40. The minimum Gasteiger partial charge on any atom is -0.481 e. The fourth-order valence-electron chi connectivity index (χ4n) is 2.52. The van der Waals surface area contributed by atoms with Crippen LogP contribution in [0.1, 0.15) is 47.5 Å². The first-order valence-electron chi connectivity index (χ1n) is 7.92. The van der Waals surface area contributed by atoms with Gasteiger partial charge in [0.15, 0.2) is 0 Å². The lowest BCUT2D eigenvalue weighted by molar-refractivity contribution is -0.151. The Kier molecular flexibility index (Phi) is 6.05. The molecule has 2 N–H and O–H groups in total. The number of nitrogens with zero attached hydrogens (tertiary/aromatic N) is 1. The lowest BCUT2D eigenvalue weighted by atomic mass is 9.74. The summed E-state index contributed by atoms with van der Waals surface area (Å²) < 4.78 is 0. The summed E-state index contributed by atoms with van der Waals surface area (Å²) in [6.45, 7) is 11.8. The van der Waals surface area contributed by atoms with Crippen LogP contribution < -0.4 is 5.32 Å². The maximum Gasteiger partial charge on any atom is 0.317 e. The average molecular weight is 298 g/mol. The number of urea groups is 1. The maximum atomic E-state index is 12.2. The van der Waals surface area contributed by atoms with Gasteiger partial charge in [0.2, 0.25) is 0 Å². The third-order valence-electron chi connectivity index (χ3n) is 4.99. The Bertz CT molecular complexity index is 380. The second kappa shape index (κ2) is 7.14. The van der Waals surface area contributed by atoms with Crippen molar-refractivity contribution >= 4 is 12.0 Å². The lowest BCUT2D eigenvalue weighted by Crippen LogP contribution is -2.50. The topological polar surface area (TPSA) is 69.6 Å². The zero-order chi connectivity index (χ0) is 16.2. The Labute approximate surface area is 128 Å². The molecule has 0 aliphatic carbocycles. The Morgan fingerprint density at radius 3 is 2.48 bits per heavy atom. The molecule has 0 aromatic carbocycles. The molecule has 2 unspecified atom stereocenters. The van der Waals surface area contributed by atoms with E-state index in [2.05, 4.69) is 26.1 Å². The predicted molar refractivity (Wildman–Crippen MR) is 83.1 cm³/mol. The first-order chi connectivity index (χ1) is 9.66. The standard InChI is InChI=1S/C16H30N2O3/c1-11(2)12(3)9-17-15(21)18-8-6-7-13(10-18)16(4,5)14(19)20/h11-13H,6-10H2,1-5H3,(H,17,21)(H,19,20). The zero-order valence-electron chi connectivity index (χ0n) is 14.0. The molecule has 0 bridgehead atoms. The molecule has 2 atom stereocenters. The molecule has 2 amide bonds. The number of carbonyl (C=O) groups excluding carboxylic acids is 1. The number of hydrogen-bond acceptors (Lipinski definition) is 2. The number of piperidine rings is 1. The van der Waals surface area contributed by atoms with E-state index in [9.17, 15) is 14.7 Å². The second-order valence-corrected chi connectivity index (χ2v) is 7.22. The van der Waals surface area contributed by atoms with Gasteiger partial charge >= 0.3 is 12.0 Å². The summed E-state index contributed by atoms with van der Waals surface area (Å²) in [6.07, 6.45) is 1.74. The van der Waals surface area contributed by atoms with Gasteiger partial charge in [-0.1, -0.05) is 20.8 Å². The van der Waals surface area contributed by atoms with Crippen LogP contribution in [-0.4, -0.2) is 41.6 Å². The largest absolute Gasteiger partial charge is 0.481 e. The molecular formula is C16H30N2O3. The van der Waals surface area contributed by atoms with Crippen LogP contribution in [0.3, 0.4) is 0 Å². The van der Waals surface area contributed by atoms with Crippen molar-refractivity contribution < 1.29 is 14.7 Å². The number of rotatable bonds is 5. The van der Waals surface area contributed by atoms with Crippen molar-refractivity contribution in [3.05, 3.63) is 0 Å². The van der Waals surface area contributed by atoms with E-state index in [0.717, 1.165) is 12.8 Å². The van der Waals surface area contributed by atoms with Crippen LogP contribution in [0.25, 0.3) is 0 Å². The molecule has 0 radical (unpaired) electrons. The number of likely N-dealkylation sites (tertiary alicyclic amines) is 1. The van der Waals surface area contributed by atoms with Gasteiger partial charge in [-0.25, -0.2) is 4.79 Å². The normalized spacial score (nSPS) is 21.2. The fraction of sp³-hybridized carbons (Fsp3) is 0.875. The minimum absolute atomic E-state index is 0.0111. The SMILES string of the molecule is CC(C)C(C)CNC(=O)N1CCCC(C(C)(C)C(=O)O)C1. The molecular weight excluding hydrogens is 268 g/mol. The van der Waals surface area contributed by atoms with E-state index < -0.39 is 11.4 Å². The number of carboxylic acids is 1. The van der Waals surface area contributed by atoms with Gasteiger partial charge < -0.3 is 15.3 Å². The Balaban J connectivity index is 2.56. The summed E-state index contributed by atoms with van der Waals surface area (Å²) in [7, 11) is 0. The highest BCUT2D eigenvalue weighted by atomic mass is 16.4. The zero-order valence-corrected chi connectivity index (χ0v) is 14.0. The van der Waals surface area contributed by atoms with Gasteiger partial charge in [-0.15, -0.1) is 0 Å². The van der Waals surface area contributed by atoms with E-state index in [0.29, 0.717) is 31.5 Å². The van der Waals surface area contributed by atoms with Crippen LogP contribution >= 0.6 is 0 Å². The summed E-state index contributed by atoms with van der Waals surface area (Å²) in [5.74, 6) is 0.190. The molecule has 1 fully saturated rings. The van der Waals surface area contributed by atoms with E-state index in [1.165, 1.54) is 0 Å². The smallest absolute Gasteiger partial charge is 0.317 e. The molecule has 21 heavy (non-hydrogen) atoms. The number of hydrogen-bond donors (Lipinski definition) is 2. The average Bonchev–Trinajstić information content (AvgIpc) is 2.44. The molecule has 1 saturated heterocycles. The predicted octanol–water partition coefficient (Wildman–Crippen LogP) is 2.81. The van der Waals surface area contributed by atoms with Crippen LogP contribution in [0.5, 0.6) is 0 Å². The Hall–Kier alpha value is -1.26. The molecule has 5 nitrogen and oxygen atoms in total. The molecule has 1 rings (SSSR count). The number of amides is 2. The molecule has 0 saturated carbocycles. The first kappa shape index (κ1) is 17.8. The monoisotopic (exact) mass is 298 g/mol. The van der Waals surface area contributed by atoms with Crippen molar-refractivity contribution in [3.63, 3.8) is 0 Å². The van der Waals surface area contributed by atoms with Crippen molar-refractivity contribution in [2.75, 3.05) is 19.6 Å². The fourth-order valence-corrected chi connectivity index (χ4v) is 2.52. The van der Waals surface area contributed by atoms with Crippen molar-refractivity contribution in [1.82, 2.24) is 10.2 Å². The van der Waals surface area contributed by atoms with E-state index in [4.69, 9.17) is 0 Å². The maximum absolute atomic E-state index is 12.2. The third kappa shape index (κ3) is 4.61. The van der Waals surface area contributed by atoms with E-state index in [1.54, 1.807) is 18.7 Å². The van der Waals surface area contributed by atoms with Gasteiger partial charge in [-0.3, -0.25) is 4.79 Å². The highest BCUT2D eigenvalue weighted by molar-refractivity contribution is 5.76. The van der Waals surface area contributed by atoms with Crippen molar-refractivity contribution in [2.24, 2.45) is 23.2 Å². The Morgan fingerprint density at radius 2 is 1.95 bits per heavy atom. The summed E-state index contributed by atoms with van der Waals surface area (Å²) in [6, 6.07) is -0.0617. The lowest BCUT2D eigenvalue weighted by Gasteiger charge is -2.39. The molecule has 0 aromatic rings. The molecule has 0 spiro atoms. The number of carbonyl (C=O) groups is 2. The van der Waals surface area contributed by atoms with Crippen molar-refractivity contribution in [2.45, 2.75) is 47.5 Å². The van der Waals surface area contributed by atoms with Crippen LogP contribution in [0, 0.1) is 23.2 Å². The van der Waals surface area contributed by atoms with Gasteiger partial charge in [0.05, 0.1) is 5.41 Å². The van der Waals surface area contributed by atoms with Gasteiger partial charge in [0, 0.05) is 19.6 Å². The summed E-state index contributed by atoms with van der Waals surface area (Å²) >= 11 is 0. The molecule has 1 aliphatic heterocycles. The summed E-state index contributed by atoms with van der Waals surface area (Å²) in [5.41, 5.74) is -0.788. The number of nitrogens with one attached hydrogen (secondary N) is 1. The first-order valence-corrected chi connectivity index (χ1v) is 7.92. The van der Waals surface area contributed by atoms with E-state index in [-0.39, 0.29) is 11.9 Å². The van der Waals surface area contributed by atoms with Crippen LogP contribution in [0.2, 0.25) is 0 Å². The van der Waals surface area contributed by atoms with E-state index in [1.807, 2.05) is 0 Å². The molecule has 5 heteroatoms. The molecule has 0 aromatic heterocycles. The van der Waals surface area contributed by atoms with Crippen molar-refractivity contribution in [3.8, 4) is 0 Å².